The lowest BCUT2D eigenvalue weighted by molar-refractivity contribution is 0.651. The molecular formula is C43H27N5O. The second kappa shape index (κ2) is 10.9. The van der Waals surface area contributed by atoms with Crippen LogP contribution in [-0.4, -0.2) is 23.9 Å². The summed E-state index contributed by atoms with van der Waals surface area (Å²) in [6.45, 7) is 0. The van der Waals surface area contributed by atoms with Crippen LogP contribution in [-0.2, 0) is 0 Å². The van der Waals surface area contributed by atoms with E-state index in [0.29, 0.717) is 5.82 Å². The molecule has 6 aromatic carbocycles. The number of benzene rings is 6. The highest BCUT2D eigenvalue weighted by Gasteiger charge is 2.22. The second-order valence-corrected chi connectivity index (χ2v) is 12.1. The zero-order valence-electron chi connectivity index (χ0n) is 26.2. The fraction of sp³-hybridized carbons (Fsp3) is 0. The predicted molar refractivity (Wildman–Crippen MR) is 197 cm³/mol. The van der Waals surface area contributed by atoms with Crippen LogP contribution >= 0.6 is 0 Å². The standard InChI is InChI=1S/C43H27N5O/c1-4-13-28(14-5-1)35-27-36(29-15-6-2-7-16-29)45-41(44-35)32-18-12-17-30(25-32)31-23-24-37-38(26-31)47(33-19-8-3-9-20-33)43-46-40-34-21-10-11-22-39(34)49-42(40)48(37)43/h1-27H. The largest absolute Gasteiger partial charge is 0.437 e. The molecule has 0 aliphatic rings. The van der Waals surface area contributed by atoms with E-state index >= 15 is 0 Å². The molecule has 0 spiro atoms. The van der Waals surface area contributed by atoms with Gasteiger partial charge in [-0.15, -0.1) is 0 Å². The van der Waals surface area contributed by atoms with Crippen LogP contribution < -0.4 is 0 Å². The third kappa shape index (κ3) is 4.46. The van der Waals surface area contributed by atoms with Gasteiger partial charge in [0.15, 0.2) is 5.82 Å². The van der Waals surface area contributed by atoms with Crippen molar-refractivity contribution in [1.82, 2.24) is 23.9 Å². The maximum Gasteiger partial charge on any atom is 0.234 e. The van der Waals surface area contributed by atoms with Gasteiger partial charge in [0.2, 0.25) is 11.5 Å². The molecule has 0 unspecified atom stereocenters. The van der Waals surface area contributed by atoms with Crippen molar-refractivity contribution in [2.24, 2.45) is 0 Å². The number of hydrogen-bond donors (Lipinski definition) is 0. The molecule has 6 heteroatoms. The van der Waals surface area contributed by atoms with E-state index in [9.17, 15) is 0 Å². The van der Waals surface area contributed by atoms with E-state index in [1.165, 1.54) is 0 Å². The molecule has 0 bridgehead atoms. The van der Waals surface area contributed by atoms with Crippen LogP contribution in [0.5, 0.6) is 0 Å². The Kier molecular flexibility index (Phi) is 6.08. The Hall–Kier alpha value is -6.79. The number of furan rings is 1. The van der Waals surface area contributed by atoms with Crippen molar-refractivity contribution in [1.29, 1.82) is 0 Å². The number of aromatic nitrogens is 5. The van der Waals surface area contributed by atoms with Gasteiger partial charge in [-0.05, 0) is 59.7 Å². The summed E-state index contributed by atoms with van der Waals surface area (Å²) in [6, 6.07) is 56.1. The van der Waals surface area contributed by atoms with Crippen LogP contribution in [0.4, 0.5) is 0 Å². The van der Waals surface area contributed by atoms with Gasteiger partial charge in [0, 0.05) is 27.8 Å². The molecule has 6 nitrogen and oxygen atoms in total. The van der Waals surface area contributed by atoms with Crippen molar-refractivity contribution < 1.29 is 4.42 Å². The fourth-order valence-electron chi connectivity index (χ4n) is 6.82. The molecule has 10 rings (SSSR count). The third-order valence-corrected chi connectivity index (χ3v) is 9.16. The Labute approximate surface area is 281 Å². The zero-order valence-corrected chi connectivity index (χ0v) is 26.2. The average molecular weight is 630 g/mol. The van der Waals surface area contributed by atoms with Crippen LogP contribution in [0.3, 0.4) is 0 Å². The molecule has 0 N–H and O–H groups in total. The SMILES string of the molecule is c1ccc(-c2cc(-c3ccccc3)nc(-c3cccc(-c4ccc5c(c4)n(-c4ccccc4)c4nc6c7ccccc7oc6n54)c3)n2)cc1. The predicted octanol–water partition coefficient (Wildman–Crippen LogP) is 10.6. The number of fused-ring (bicyclic) bond motifs is 7. The first-order valence-corrected chi connectivity index (χ1v) is 16.3. The van der Waals surface area contributed by atoms with Gasteiger partial charge >= 0.3 is 0 Å². The minimum absolute atomic E-state index is 0.682. The Bertz CT molecular complexity index is 2760. The third-order valence-electron chi connectivity index (χ3n) is 9.16. The lowest BCUT2D eigenvalue weighted by Crippen LogP contribution is -1.96. The highest BCUT2D eigenvalue weighted by atomic mass is 16.3. The monoisotopic (exact) mass is 629 g/mol. The summed E-state index contributed by atoms with van der Waals surface area (Å²) in [6.07, 6.45) is 0. The van der Waals surface area contributed by atoms with Crippen molar-refractivity contribution in [2.75, 3.05) is 0 Å². The molecule has 4 aromatic heterocycles. The molecule has 0 saturated carbocycles. The molecular weight excluding hydrogens is 603 g/mol. The molecule has 230 valence electrons. The van der Waals surface area contributed by atoms with Gasteiger partial charge in [-0.1, -0.05) is 115 Å². The first kappa shape index (κ1) is 27.3. The Morgan fingerprint density at radius 2 is 1.06 bits per heavy atom. The minimum Gasteiger partial charge on any atom is -0.437 e. The Morgan fingerprint density at radius 1 is 0.449 bits per heavy atom. The first-order valence-electron chi connectivity index (χ1n) is 16.3. The van der Waals surface area contributed by atoms with E-state index in [1.807, 2.05) is 60.7 Å². The van der Waals surface area contributed by atoms with Gasteiger partial charge < -0.3 is 4.42 Å². The summed E-state index contributed by atoms with van der Waals surface area (Å²) in [4.78, 5) is 15.3. The molecule has 0 aliphatic carbocycles. The topological polar surface area (TPSA) is 61.2 Å². The molecule has 0 atom stereocenters. The van der Waals surface area contributed by atoms with E-state index in [-0.39, 0.29) is 0 Å². The molecule has 0 radical (unpaired) electrons. The van der Waals surface area contributed by atoms with Crippen molar-refractivity contribution in [3.8, 4) is 50.7 Å². The molecule has 10 aromatic rings. The van der Waals surface area contributed by atoms with E-state index in [0.717, 1.165) is 83.9 Å². The minimum atomic E-state index is 0.682. The van der Waals surface area contributed by atoms with Gasteiger partial charge in [0.05, 0.1) is 22.4 Å². The molecule has 0 aliphatic heterocycles. The smallest absolute Gasteiger partial charge is 0.234 e. The molecule has 4 heterocycles. The van der Waals surface area contributed by atoms with Gasteiger partial charge in [-0.25, -0.2) is 19.4 Å². The van der Waals surface area contributed by atoms with Crippen LogP contribution in [0, 0.1) is 0 Å². The van der Waals surface area contributed by atoms with Crippen LogP contribution in [0.1, 0.15) is 0 Å². The lowest BCUT2D eigenvalue weighted by Gasteiger charge is -2.11. The van der Waals surface area contributed by atoms with Gasteiger partial charge in [0.25, 0.3) is 0 Å². The lowest BCUT2D eigenvalue weighted by atomic mass is 10.0. The quantitative estimate of drug-likeness (QED) is 0.190. The van der Waals surface area contributed by atoms with Crippen LogP contribution in [0.15, 0.2) is 168 Å². The summed E-state index contributed by atoms with van der Waals surface area (Å²) < 4.78 is 10.7. The Balaban J connectivity index is 1.15. The molecule has 0 amide bonds. The van der Waals surface area contributed by atoms with Crippen molar-refractivity contribution in [3.05, 3.63) is 164 Å². The maximum absolute atomic E-state index is 6.40. The Morgan fingerprint density at radius 3 is 1.80 bits per heavy atom. The van der Waals surface area contributed by atoms with Crippen molar-refractivity contribution in [3.63, 3.8) is 0 Å². The number of rotatable bonds is 5. The van der Waals surface area contributed by atoms with Crippen molar-refractivity contribution in [2.45, 2.75) is 0 Å². The molecule has 0 fully saturated rings. The van der Waals surface area contributed by atoms with E-state index in [1.54, 1.807) is 0 Å². The summed E-state index contributed by atoms with van der Waals surface area (Å²) in [5, 5.41) is 1.01. The highest BCUT2D eigenvalue weighted by molar-refractivity contribution is 6.05. The number of para-hydroxylation sites is 2. The second-order valence-electron chi connectivity index (χ2n) is 12.1. The normalized spacial score (nSPS) is 11.7. The van der Waals surface area contributed by atoms with Crippen LogP contribution in [0.25, 0.3) is 89.7 Å². The fourth-order valence-corrected chi connectivity index (χ4v) is 6.82. The number of imidazole rings is 2. The first-order chi connectivity index (χ1) is 24.3. The summed E-state index contributed by atoms with van der Waals surface area (Å²) in [7, 11) is 0. The maximum atomic E-state index is 6.40. The van der Waals surface area contributed by atoms with Crippen LogP contribution in [0.2, 0.25) is 0 Å². The number of hydrogen-bond acceptors (Lipinski definition) is 4. The van der Waals surface area contributed by atoms with E-state index in [4.69, 9.17) is 19.4 Å². The van der Waals surface area contributed by atoms with Gasteiger partial charge in [-0.3, -0.25) is 4.57 Å². The highest BCUT2D eigenvalue weighted by Crippen LogP contribution is 2.37. The van der Waals surface area contributed by atoms with E-state index < -0.39 is 0 Å². The summed E-state index contributed by atoms with van der Waals surface area (Å²) >= 11 is 0. The molecule has 0 saturated heterocycles. The summed E-state index contributed by atoms with van der Waals surface area (Å²) in [5.41, 5.74) is 12.5. The number of nitrogens with zero attached hydrogens (tertiary/aromatic N) is 5. The van der Waals surface area contributed by atoms with E-state index in [2.05, 4.69) is 112 Å². The summed E-state index contributed by atoms with van der Waals surface area (Å²) in [5.74, 6) is 1.49. The van der Waals surface area contributed by atoms with Crippen molar-refractivity contribution >= 4 is 39.0 Å². The zero-order chi connectivity index (χ0) is 32.3. The average Bonchev–Trinajstić information content (AvgIpc) is 3.82. The van der Waals surface area contributed by atoms with Gasteiger partial charge in [-0.2, -0.15) is 0 Å². The molecule has 49 heavy (non-hydrogen) atoms. The van der Waals surface area contributed by atoms with Gasteiger partial charge in [0.1, 0.15) is 11.1 Å².